The van der Waals surface area contributed by atoms with Gasteiger partial charge in [0.1, 0.15) is 12.4 Å². The van der Waals surface area contributed by atoms with E-state index in [9.17, 15) is 14.3 Å². The molecule has 1 aromatic heterocycles. The minimum absolute atomic E-state index is 0.189. The first-order chi connectivity index (χ1) is 9.52. The molecule has 0 aliphatic heterocycles. The fourth-order valence-electron chi connectivity index (χ4n) is 1.51. The van der Waals surface area contributed by atoms with Gasteiger partial charge in [-0.25, -0.2) is 4.39 Å². The Bertz CT molecular complexity index is 650. The predicted octanol–water partition coefficient (Wildman–Crippen LogP) is 1.84. The molecule has 0 bridgehead atoms. The summed E-state index contributed by atoms with van der Waals surface area (Å²) in [6.45, 7) is -0.365. The number of benzene rings is 1. The number of carbonyl (C=O) groups is 1. The molecular formula is C11H9BrFN3O3S. The topological polar surface area (TPSA) is 88.2 Å². The second kappa shape index (κ2) is 6.33. The lowest BCUT2D eigenvalue weighted by Gasteiger charge is -2.09. The van der Waals surface area contributed by atoms with E-state index in [-0.39, 0.29) is 22.7 Å². The number of rotatable bonds is 5. The fraction of sp³-hybridized carbons (Fsp3) is 0.182. The van der Waals surface area contributed by atoms with Crippen molar-refractivity contribution in [2.75, 3.05) is 5.75 Å². The molecule has 1 aromatic carbocycles. The van der Waals surface area contributed by atoms with E-state index in [0.29, 0.717) is 10.8 Å². The summed E-state index contributed by atoms with van der Waals surface area (Å²) in [5.41, 5.74) is 0.528. The van der Waals surface area contributed by atoms with Crippen molar-refractivity contribution >= 4 is 33.7 Å². The number of aromatic nitrogens is 3. The molecule has 6 nitrogen and oxygen atoms in total. The minimum atomic E-state index is -0.990. The van der Waals surface area contributed by atoms with Gasteiger partial charge in [0.05, 0.1) is 15.9 Å². The zero-order valence-electron chi connectivity index (χ0n) is 9.95. The molecule has 20 heavy (non-hydrogen) atoms. The number of aliphatic carboxylic acids is 1. The van der Waals surface area contributed by atoms with Crippen LogP contribution in [0.1, 0.15) is 5.82 Å². The molecular weight excluding hydrogens is 353 g/mol. The second-order valence-electron chi connectivity index (χ2n) is 3.67. The zero-order chi connectivity index (χ0) is 14.7. The number of carboxylic acids is 1. The summed E-state index contributed by atoms with van der Waals surface area (Å²) in [4.78, 5) is 10.6. The Morgan fingerprint density at radius 3 is 2.80 bits per heavy atom. The van der Waals surface area contributed by atoms with Crippen LogP contribution < -0.4 is 0 Å². The Hall–Kier alpha value is -1.45. The molecule has 0 unspecified atom stereocenters. The number of hydrogen-bond donors (Lipinski definition) is 2. The highest BCUT2D eigenvalue weighted by Crippen LogP contribution is 2.25. The second-order valence-corrected chi connectivity index (χ2v) is 5.47. The van der Waals surface area contributed by atoms with Crippen LogP contribution in [0.4, 0.5) is 4.39 Å². The van der Waals surface area contributed by atoms with E-state index < -0.39 is 11.8 Å². The maximum absolute atomic E-state index is 13.3. The molecule has 0 saturated carbocycles. The van der Waals surface area contributed by atoms with Gasteiger partial charge in [0.25, 0.3) is 0 Å². The molecule has 9 heteroatoms. The van der Waals surface area contributed by atoms with Crippen LogP contribution >= 0.6 is 27.7 Å². The van der Waals surface area contributed by atoms with Crippen molar-refractivity contribution in [2.45, 2.75) is 11.8 Å². The van der Waals surface area contributed by atoms with Crippen molar-refractivity contribution in [3.8, 4) is 5.69 Å². The lowest BCUT2D eigenvalue weighted by Crippen LogP contribution is -2.05. The average Bonchev–Trinajstić information content (AvgIpc) is 2.82. The zero-order valence-corrected chi connectivity index (χ0v) is 12.4. The van der Waals surface area contributed by atoms with Crippen LogP contribution in [0, 0.1) is 5.82 Å². The van der Waals surface area contributed by atoms with Crippen molar-refractivity contribution in [2.24, 2.45) is 0 Å². The Kier molecular flexibility index (Phi) is 4.73. The summed E-state index contributed by atoms with van der Waals surface area (Å²) in [6, 6.07) is 4.25. The number of aliphatic hydroxyl groups is 1. The normalized spacial score (nSPS) is 10.8. The molecule has 0 radical (unpaired) electrons. The van der Waals surface area contributed by atoms with Crippen LogP contribution in [-0.4, -0.2) is 36.7 Å². The lowest BCUT2D eigenvalue weighted by atomic mass is 10.3. The van der Waals surface area contributed by atoms with Gasteiger partial charge < -0.3 is 10.2 Å². The summed E-state index contributed by atoms with van der Waals surface area (Å²) in [6.07, 6.45) is 0. The van der Waals surface area contributed by atoms with E-state index in [1.165, 1.54) is 22.8 Å². The molecule has 0 fully saturated rings. The third-order valence-electron chi connectivity index (χ3n) is 2.33. The van der Waals surface area contributed by atoms with Gasteiger partial charge in [-0.15, -0.1) is 10.2 Å². The van der Waals surface area contributed by atoms with Crippen LogP contribution in [0.3, 0.4) is 0 Å². The first kappa shape index (κ1) is 14.9. The van der Waals surface area contributed by atoms with Gasteiger partial charge in [0.2, 0.25) is 0 Å². The van der Waals surface area contributed by atoms with Crippen molar-refractivity contribution in [1.29, 1.82) is 0 Å². The van der Waals surface area contributed by atoms with Crippen LogP contribution in [0.25, 0.3) is 5.69 Å². The van der Waals surface area contributed by atoms with Crippen LogP contribution in [0.2, 0.25) is 0 Å². The van der Waals surface area contributed by atoms with Crippen molar-refractivity contribution < 1.29 is 19.4 Å². The van der Waals surface area contributed by atoms with Crippen LogP contribution in [0.5, 0.6) is 0 Å². The SMILES string of the molecule is O=C(O)CSc1nnc(CO)n1-c1ccc(F)c(Br)c1. The molecule has 0 atom stereocenters. The maximum Gasteiger partial charge on any atom is 0.313 e. The summed E-state index contributed by atoms with van der Waals surface area (Å²) >= 11 is 4.04. The molecule has 1 heterocycles. The number of hydrogen-bond acceptors (Lipinski definition) is 5. The Morgan fingerprint density at radius 1 is 1.45 bits per heavy atom. The summed E-state index contributed by atoms with van der Waals surface area (Å²) in [5.74, 6) is -1.36. The number of nitrogens with zero attached hydrogens (tertiary/aromatic N) is 3. The first-order valence-electron chi connectivity index (χ1n) is 5.38. The standard InChI is InChI=1S/C11H9BrFN3O3S/c12-7-3-6(1-2-8(7)13)16-9(4-17)14-15-11(16)20-5-10(18)19/h1-3,17H,4-5H2,(H,18,19). The maximum atomic E-state index is 13.3. The minimum Gasteiger partial charge on any atom is -0.481 e. The highest BCUT2D eigenvalue weighted by atomic mass is 79.9. The highest BCUT2D eigenvalue weighted by molar-refractivity contribution is 9.10. The molecule has 2 rings (SSSR count). The summed E-state index contributed by atoms with van der Waals surface area (Å²) in [7, 11) is 0. The molecule has 2 N–H and O–H groups in total. The predicted molar refractivity (Wildman–Crippen MR) is 73.3 cm³/mol. The van der Waals surface area contributed by atoms with Gasteiger partial charge in [-0.3, -0.25) is 9.36 Å². The fourth-order valence-corrected chi connectivity index (χ4v) is 2.56. The third-order valence-corrected chi connectivity index (χ3v) is 3.85. The van der Waals surface area contributed by atoms with Crippen LogP contribution in [0.15, 0.2) is 27.8 Å². The molecule has 106 valence electrons. The molecule has 0 spiro atoms. The Morgan fingerprint density at radius 2 is 2.20 bits per heavy atom. The molecule has 0 aliphatic carbocycles. The summed E-state index contributed by atoms with van der Waals surface area (Å²) in [5, 5.41) is 25.9. The van der Waals surface area contributed by atoms with Crippen LogP contribution in [-0.2, 0) is 11.4 Å². The number of carboxylic acid groups (broad SMARTS) is 1. The van der Waals surface area contributed by atoms with Gasteiger partial charge in [0.15, 0.2) is 11.0 Å². The largest absolute Gasteiger partial charge is 0.481 e. The van der Waals surface area contributed by atoms with E-state index in [1.807, 2.05) is 0 Å². The van der Waals surface area contributed by atoms with Gasteiger partial charge >= 0.3 is 5.97 Å². The van der Waals surface area contributed by atoms with Gasteiger partial charge in [-0.05, 0) is 34.1 Å². The highest BCUT2D eigenvalue weighted by Gasteiger charge is 2.15. The number of thioether (sulfide) groups is 1. The van der Waals surface area contributed by atoms with Crippen molar-refractivity contribution in [1.82, 2.24) is 14.8 Å². The van der Waals surface area contributed by atoms with E-state index in [0.717, 1.165) is 11.8 Å². The Balaban J connectivity index is 2.44. The molecule has 2 aromatic rings. The number of halogens is 2. The smallest absolute Gasteiger partial charge is 0.313 e. The van der Waals surface area contributed by atoms with E-state index >= 15 is 0 Å². The number of aliphatic hydroxyl groups excluding tert-OH is 1. The summed E-state index contributed by atoms with van der Waals surface area (Å²) < 4.78 is 15.0. The van der Waals surface area contributed by atoms with E-state index in [2.05, 4.69) is 26.1 Å². The average molecular weight is 362 g/mol. The van der Waals surface area contributed by atoms with E-state index in [4.69, 9.17) is 5.11 Å². The lowest BCUT2D eigenvalue weighted by molar-refractivity contribution is -0.133. The first-order valence-corrected chi connectivity index (χ1v) is 7.16. The third kappa shape index (κ3) is 3.17. The van der Waals surface area contributed by atoms with Gasteiger partial charge in [0, 0.05) is 0 Å². The quantitative estimate of drug-likeness (QED) is 0.790. The van der Waals surface area contributed by atoms with Gasteiger partial charge in [-0.1, -0.05) is 11.8 Å². The molecule has 0 amide bonds. The van der Waals surface area contributed by atoms with Crippen molar-refractivity contribution in [3.63, 3.8) is 0 Å². The molecule has 0 saturated heterocycles. The van der Waals surface area contributed by atoms with Gasteiger partial charge in [-0.2, -0.15) is 0 Å². The van der Waals surface area contributed by atoms with Crippen molar-refractivity contribution in [3.05, 3.63) is 34.3 Å². The molecule has 0 aliphatic rings. The Labute approximate surface area is 125 Å². The monoisotopic (exact) mass is 361 g/mol. The van der Waals surface area contributed by atoms with E-state index in [1.54, 1.807) is 0 Å².